The Morgan fingerprint density at radius 3 is 2.62 bits per heavy atom. The van der Waals surface area contributed by atoms with Crippen molar-refractivity contribution >= 4 is 35.1 Å². The second-order valence-electron chi connectivity index (χ2n) is 7.57. The summed E-state index contributed by atoms with van der Waals surface area (Å²) < 4.78 is 5.88. The van der Waals surface area contributed by atoms with Crippen LogP contribution in [0.3, 0.4) is 0 Å². The van der Waals surface area contributed by atoms with E-state index < -0.39 is 0 Å². The Labute approximate surface area is 190 Å². The second-order valence-corrected chi connectivity index (χ2v) is 8.72. The number of furan rings is 1. The lowest BCUT2D eigenvalue weighted by Gasteiger charge is -2.12. The van der Waals surface area contributed by atoms with Crippen LogP contribution in [0, 0.1) is 24.0 Å². The molecule has 2 N–H and O–H groups in total. The van der Waals surface area contributed by atoms with E-state index in [1.165, 1.54) is 23.4 Å². The van der Waals surface area contributed by atoms with Crippen LogP contribution in [0.4, 0.5) is 11.4 Å². The topological polar surface area (TPSA) is 97.4 Å². The number of hydrogen-bond acceptors (Lipinski definition) is 6. The highest BCUT2D eigenvalue weighted by molar-refractivity contribution is 8.05. The van der Waals surface area contributed by atoms with Gasteiger partial charge < -0.3 is 15.1 Å². The van der Waals surface area contributed by atoms with Crippen molar-refractivity contribution in [1.82, 2.24) is 5.32 Å². The number of nitro groups is 1. The Bertz CT molecular complexity index is 1210. The first-order valence-corrected chi connectivity index (χ1v) is 11.1. The highest BCUT2D eigenvalue weighted by Gasteiger charge is 2.27. The number of hydrogen-bond donors (Lipinski definition) is 2. The molecular formula is C24H23N3O4S. The van der Waals surface area contributed by atoms with Crippen molar-refractivity contribution in [3.8, 4) is 11.3 Å². The molecule has 7 nitrogen and oxygen atoms in total. The molecule has 1 atom stereocenters. The van der Waals surface area contributed by atoms with E-state index in [-0.39, 0.29) is 22.0 Å². The molecule has 1 saturated heterocycles. The lowest BCUT2D eigenvalue weighted by molar-refractivity contribution is -0.385. The predicted octanol–water partition coefficient (Wildman–Crippen LogP) is 5.63. The lowest BCUT2D eigenvalue weighted by Crippen LogP contribution is -2.30. The Balaban J connectivity index is 1.50. The first-order valence-electron chi connectivity index (χ1n) is 10.2. The number of rotatable bonds is 6. The Kier molecular flexibility index (Phi) is 6.05. The van der Waals surface area contributed by atoms with Gasteiger partial charge in [0.25, 0.3) is 11.6 Å². The van der Waals surface area contributed by atoms with Crippen LogP contribution in [-0.2, 0) is 11.2 Å². The van der Waals surface area contributed by atoms with Gasteiger partial charge in [0.1, 0.15) is 11.5 Å². The zero-order valence-corrected chi connectivity index (χ0v) is 18.8. The number of amides is 1. The number of nitro benzene ring substituents is 1. The van der Waals surface area contributed by atoms with Crippen LogP contribution >= 0.6 is 11.8 Å². The van der Waals surface area contributed by atoms with Gasteiger partial charge in [-0.25, -0.2) is 0 Å². The van der Waals surface area contributed by atoms with Gasteiger partial charge in [-0.15, -0.1) is 0 Å². The average Bonchev–Trinajstić information content (AvgIpc) is 3.37. The minimum absolute atomic E-state index is 0.0583. The predicted molar refractivity (Wildman–Crippen MR) is 127 cm³/mol. The van der Waals surface area contributed by atoms with Gasteiger partial charge in [0.05, 0.1) is 9.83 Å². The molecule has 1 aromatic heterocycles. The maximum atomic E-state index is 12.4. The summed E-state index contributed by atoms with van der Waals surface area (Å²) in [6.45, 7) is 5.67. The van der Waals surface area contributed by atoms with Crippen LogP contribution in [0.2, 0.25) is 0 Å². The van der Waals surface area contributed by atoms with Gasteiger partial charge >= 0.3 is 0 Å². The van der Waals surface area contributed by atoms with Gasteiger partial charge in [-0.1, -0.05) is 30.8 Å². The van der Waals surface area contributed by atoms with E-state index in [1.807, 2.05) is 25.1 Å². The Hall–Kier alpha value is -3.52. The van der Waals surface area contributed by atoms with Crippen molar-refractivity contribution in [2.24, 2.45) is 0 Å². The quantitative estimate of drug-likeness (QED) is 0.287. The normalized spacial score (nSPS) is 16.9. The molecule has 8 heteroatoms. The highest BCUT2D eigenvalue weighted by Crippen LogP contribution is 2.33. The molecule has 0 radical (unpaired) electrons. The number of thioether (sulfide) groups is 1. The third-order valence-electron chi connectivity index (χ3n) is 5.41. The summed E-state index contributed by atoms with van der Waals surface area (Å²) in [4.78, 5) is 23.9. The number of nitrogens with zero attached hydrogens (tertiary/aromatic N) is 1. The van der Waals surface area contributed by atoms with Gasteiger partial charge in [0.15, 0.2) is 5.50 Å². The molecule has 1 fully saturated rings. The highest BCUT2D eigenvalue weighted by atomic mass is 32.2. The number of anilines is 1. The molecule has 0 saturated carbocycles. The maximum Gasteiger partial charge on any atom is 0.273 e. The molecule has 0 unspecified atom stereocenters. The van der Waals surface area contributed by atoms with E-state index >= 15 is 0 Å². The number of nitrogens with one attached hydrogen (secondary N) is 2. The molecule has 2 heterocycles. The van der Waals surface area contributed by atoms with Crippen molar-refractivity contribution in [2.75, 3.05) is 5.32 Å². The first-order chi connectivity index (χ1) is 15.3. The van der Waals surface area contributed by atoms with E-state index in [0.717, 1.165) is 17.7 Å². The van der Waals surface area contributed by atoms with E-state index in [4.69, 9.17) is 4.42 Å². The van der Waals surface area contributed by atoms with Crippen molar-refractivity contribution in [2.45, 2.75) is 32.7 Å². The summed E-state index contributed by atoms with van der Waals surface area (Å²) in [6.07, 6.45) is 2.66. The zero-order chi connectivity index (χ0) is 22.8. The molecule has 3 aromatic rings. The largest absolute Gasteiger partial charge is 0.457 e. The molecule has 1 aliphatic heterocycles. The van der Waals surface area contributed by atoms with Crippen molar-refractivity contribution < 1.29 is 14.1 Å². The van der Waals surface area contributed by atoms with Gasteiger partial charge in [-0.05, 0) is 61.7 Å². The van der Waals surface area contributed by atoms with E-state index in [1.54, 1.807) is 25.1 Å². The summed E-state index contributed by atoms with van der Waals surface area (Å²) >= 11 is 1.37. The van der Waals surface area contributed by atoms with Gasteiger partial charge in [-0.3, -0.25) is 14.9 Å². The average molecular weight is 450 g/mol. The third-order valence-corrected chi connectivity index (χ3v) is 6.44. The zero-order valence-electron chi connectivity index (χ0n) is 18.0. The molecular weight excluding hydrogens is 426 g/mol. The molecule has 0 spiro atoms. The molecule has 2 aromatic carbocycles. The summed E-state index contributed by atoms with van der Waals surface area (Å²) in [7, 11) is 0. The minimum atomic E-state index is -0.389. The summed E-state index contributed by atoms with van der Waals surface area (Å²) in [6, 6.07) is 15.0. The molecule has 0 aliphatic carbocycles. The minimum Gasteiger partial charge on any atom is -0.457 e. The van der Waals surface area contributed by atoms with Gasteiger partial charge in [0.2, 0.25) is 0 Å². The monoisotopic (exact) mass is 449 g/mol. The maximum absolute atomic E-state index is 12.4. The number of aryl methyl sites for hydroxylation is 2. The standard InChI is InChI=1S/C24H23N3O4S/c1-4-16-5-7-18(8-6-16)25-24-26-23(28)22(32-24)13-19-9-10-21(31-19)17-11-14(2)15(3)20(12-17)27(29)30/h5-13,24-25H,4H2,1-3H3,(H,26,28)/b22-13-/t24-/m0/s1. The van der Waals surface area contributed by atoms with Gasteiger partial charge in [-0.2, -0.15) is 0 Å². The Morgan fingerprint density at radius 2 is 1.94 bits per heavy atom. The molecule has 0 bridgehead atoms. The lowest BCUT2D eigenvalue weighted by atomic mass is 10.0. The van der Waals surface area contributed by atoms with Crippen molar-refractivity contribution in [3.05, 3.63) is 86.0 Å². The third kappa shape index (κ3) is 4.55. The van der Waals surface area contributed by atoms with Gasteiger partial charge in [0, 0.05) is 29.0 Å². The number of carbonyl (C=O) groups excluding carboxylic acids is 1. The van der Waals surface area contributed by atoms with Crippen LogP contribution in [0.1, 0.15) is 29.4 Å². The van der Waals surface area contributed by atoms with E-state index in [2.05, 4.69) is 29.7 Å². The van der Waals surface area contributed by atoms with Crippen LogP contribution < -0.4 is 10.6 Å². The Morgan fingerprint density at radius 1 is 1.19 bits per heavy atom. The first kappa shape index (κ1) is 21.7. The summed E-state index contributed by atoms with van der Waals surface area (Å²) in [5, 5.41) is 17.5. The van der Waals surface area contributed by atoms with E-state index in [0.29, 0.717) is 27.6 Å². The summed E-state index contributed by atoms with van der Waals surface area (Å²) in [5.41, 5.74) is 4.04. The fourth-order valence-electron chi connectivity index (χ4n) is 3.44. The summed E-state index contributed by atoms with van der Waals surface area (Å²) in [5.74, 6) is 0.834. The van der Waals surface area contributed by atoms with Crippen molar-refractivity contribution in [1.29, 1.82) is 0 Å². The van der Waals surface area contributed by atoms with Crippen LogP contribution in [0.15, 0.2) is 57.9 Å². The molecule has 1 amide bonds. The fourth-order valence-corrected chi connectivity index (χ4v) is 4.41. The fraction of sp³-hybridized carbons (Fsp3) is 0.208. The molecule has 32 heavy (non-hydrogen) atoms. The SMILES string of the molecule is CCc1ccc(N[C@H]2NC(=O)/C(=C/c3ccc(-c4cc(C)c(C)c([N+](=O)[O-])c4)o3)S2)cc1. The smallest absolute Gasteiger partial charge is 0.273 e. The molecule has 4 rings (SSSR count). The van der Waals surface area contributed by atoms with Crippen LogP contribution in [0.5, 0.6) is 0 Å². The molecule has 164 valence electrons. The number of carbonyl (C=O) groups is 1. The second kappa shape index (κ2) is 8.92. The number of benzene rings is 2. The van der Waals surface area contributed by atoms with Crippen LogP contribution in [0.25, 0.3) is 17.4 Å². The van der Waals surface area contributed by atoms with Crippen LogP contribution in [-0.4, -0.2) is 16.3 Å². The van der Waals surface area contributed by atoms with E-state index in [9.17, 15) is 14.9 Å². The van der Waals surface area contributed by atoms with Crippen molar-refractivity contribution in [3.63, 3.8) is 0 Å². The molecule has 1 aliphatic rings.